The van der Waals surface area contributed by atoms with Crippen LogP contribution in [0, 0.1) is 5.92 Å². The molecule has 1 fully saturated rings. The van der Waals surface area contributed by atoms with Crippen LogP contribution in [0.2, 0.25) is 0 Å². The molecule has 0 N–H and O–H groups in total. The van der Waals surface area contributed by atoms with E-state index in [1.165, 1.54) is 0 Å². The summed E-state index contributed by atoms with van der Waals surface area (Å²) < 4.78 is 11.8. The fourth-order valence-electron chi connectivity index (χ4n) is 0.804. The second kappa shape index (κ2) is 1.21. The molecule has 1 aliphatic rings. The molecule has 0 aliphatic heterocycles. The molecule has 0 bridgehead atoms. The Balaban J connectivity index is 2.11. The zero-order valence-electron chi connectivity index (χ0n) is 3.95. The van der Waals surface area contributed by atoms with Crippen molar-refractivity contribution in [2.24, 2.45) is 5.92 Å². The first-order chi connectivity index (χ1) is 2.79. The van der Waals surface area contributed by atoms with Crippen LogP contribution in [-0.4, -0.2) is 6.17 Å². The lowest BCUT2D eigenvalue weighted by molar-refractivity contribution is 0.144. The highest BCUT2D eigenvalue weighted by molar-refractivity contribution is 4.74. The summed E-state index contributed by atoms with van der Waals surface area (Å²) in [7, 11) is 0. The van der Waals surface area contributed by atoms with Crippen LogP contribution in [0.25, 0.3) is 0 Å². The Morgan fingerprint density at radius 1 is 1.50 bits per heavy atom. The van der Waals surface area contributed by atoms with Crippen molar-refractivity contribution in [2.75, 3.05) is 0 Å². The number of alkyl halides is 1. The Hall–Kier alpha value is -0.0700. The largest absolute Gasteiger partial charge is 0.247 e. The zero-order valence-corrected chi connectivity index (χ0v) is 3.95. The smallest absolute Gasteiger partial charge is 0.101 e. The number of halogens is 1. The lowest BCUT2D eigenvalue weighted by Gasteiger charge is -2.24. The molecule has 0 unspecified atom stereocenters. The number of rotatable bonds is 0. The van der Waals surface area contributed by atoms with Crippen molar-refractivity contribution in [2.45, 2.75) is 25.9 Å². The molecule has 0 aromatic heterocycles. The second-order valence-corrected chi connectivity index (χ2v) is 2.17. The van der Waals surface area contributed by atoms with Gasteiger partial charge in [0.2, 0.25) is 0 Å². The summed E-state index contributed by atoms with van der Waals surface area (Å²) in [5.74, 6) is 0.667. The van der Waals surface area contributed by atoms with E-state index in [4.69, 9.17) is 0 Å². The van der Waals surface area contributed by atoms with Crippen LogP contribution >= 0.6 is 0 Å². The zero-order chi connectivity index (χ0) is 4.57. The Morgan fingerprint density at radius 2 is 2.00 bits per heavy atom. The van der Waals surface area contributed by atoms with Crippen LogP contribution in [0.4, 0.5) is 4.39 Å². The Morgan fingerprint density at radius 3 is 2.00 bits per heavy atom. The van der Waals surface area contributed by atoms with Crippen LogP contribution in [0.15, 0.2) is 0 Å². The molecule has 6 heavy (non-hydrogen) atoms. The summed E-state index contributed by atoms with van der Waals surface area (Å²) >= 11 is 0. The van der Waals surface area contributed by atoms with Crippen LogP contribution in [0.3, 0.4) is 0 Å². The SMILES string of the molecule is C[C@H]1C[C@@H](F)C1. The molecule has 1 rings (SSSR count). The van der Waals surface area contributed by atoms with Gasteiger partial charge in [-0.15, -0.1) is 0 Å². The van der Waals surface area contributed by atoms with Crippen LogP contribution < -0.4 is 0 Å². The van der Waals surface area contributed by atoms with E-state index >= 15 is 0 Å². The maximum Gasteiger partial charge on any atom is 0.101 e. The van der Waals surface area contributed by atoms with Gasteiger partial charge in [0, 0.05) is 0 Å². The van der Waals surface area contributed by atoms with Gasteiger partial charge in [0.05, 0.1) is 0 Å². The van der Waals surface area contributed by atoms with Gasteiger partial charge >= 0.3 is 0 Å². The summed E-state index contributed by atoms with van der Waals surface area (Å²) in [5, 5.41) is 0. The molecule has 1 saturated carbocycles. The van der Waals surface area contributed by atoms with Gasteiger partial charge in [0.1, 0.15) is 6.17 Å². The van der Waals surface area contributed by atoms with Gasteiger partial charge in [-0.25, -0.2) is 4.39 Å². The summed E-state index contributed by atoms with van der Waals surface area (Å²) in [5.41, 5.74) is 0. The second-order valence-electron chi connectivity index (χ2n) is 2.17. The van der Waals surface area contributed by atoms with E-state index in [2.05, 4.69) is 6.92 Å². The molecule has 1 heteroatoms. The van der Waals surface area contributed by atoms with E-state index in [0.29, 0.717) is 5.92 Å². The van der Waals surface area contributed by atoms with E-state index in [1.54, 1.807) is 0 Å². The lowest BCUT2D eigenvalue weighted by atomic mass is 9.85. The van der Waals surface area contributed by atoms with Gasteiger partial charge in [-0.3, -0.25) is 0 Å². The predicted octanol–water partition coefficient (Wildman–Crippen LogP) is 1.75. The summed E-state index contributed by atoms with van der Waals surface area (Å²) in [6.07, 6.45) is 1.15. The highest BCUT2D eigenvalue weighted by Crippen LogP contribution is 2.28. The normalized spacial score (nSPS) is 45.0. The van der Waals surface area contributed by atoms with E-state index in [1.807, 2.05) is 0 Å². The molecule has 0 saturated heterocycles. The molecule has 0 spiro atoms. The Bertz CT molecular complexity index is 39.9. The van der Waals surface area contributed by atoms with Crippen molar-refractivity contribution in [1.29, 1.82) is 0 Å². The lowest BCUT2D eigenvalue weighted by Crippen LogP contribution is -2.21. The summed E-state index contributed by atoms with van der Waals surface area (Å²) in [6, 6.07) is 0. The number of hydrogen-bond donors (Lipinski definition) is 0. The minimum atomic E-state index is -0.458. The molecule has 0 aromatic carbocycles. The van der Waals surface area contributed by atoms with Gasteiger partial charge in [-0.1, -0.05) is 6.92 Å². The van der Waals surface area contributed by atoms with Crippen molar-refractivity contribution < 1.29 is 4.39 Å². The van der Waals surface area contributed by atoms with Gasteiger partial charge in [-0.2, -0.15) is 0 Å². The van der Waals surface area contributed by atoms with Crippen LogP contribution in [0.1, 0.15) is 19.8 Å². The first-order valence-corrected chi connectivity index (χ1v) is 2.43. The Labute approximate surface area is 37.4 Å². The summed E-state index contributed by atoms with van der Waals surface area (Å²) in [6.45, 7) is 2.08. The molecule has 0 nitrogen and oxygen atoms in total. The van der Waals surface area contributed by atoms with Crippen molar-refractivity contribution in [3.8, 4) is 0 Å². The van der Waals surface area contributed by atoms with Crippen molar-refractivity contribution in [3.05, 3.63) is 0 Å². The summed E-state index contributed by atoms with van der Waals surface area (Å²) in [4.78, 5) is 0. The van der Waals surface area contributed by atoms with E-state index in [9.17, 15) is 4.39 Å². The molecule has 0 amide bonds. The molecule has 0 radical (unpaired) electrons. The number of hydrogen-bond acceptors (Lipinski definition) is 0. The van der Waals surface area contributed by atoms with E-state index in [0.717, 1.165) is 12.8 Å². The predicted molar refractivity (Wildman–Crippen MR) is 23.3 cm³/mol. The average molecular weight is 88.1 g/mol. The maximum atomic E-state index is 11.8. The average Bonchev–Trinajstić information content (AvgIpc) is 1.33. The molecule has 0 aromatic rings. The molecular formula is C5H9F. The fourth-order valence-corrected chi connectivity index (χ4v) is 0.804. The van der Waals surface area contributed by atoms with Gasteiger partial charge < -0.3 is 0 Å². The van der Waals surface area contributed by atoms with Gasteiger partial charge in [-0.05, 0) is 18.8 Å². The molecule has 0 atom stereocenters. The van der Waals surface area contributed by atoms with Crippen LogP contribution in [-0.2, 0) is 0 Å². The molecule has 1 aliphatic carbocycles. The van der Waals surface area contributed by atoms with Crippen molar-refractivity contribution in [3.63, 3.8) is 0 Å². The topological polar surface area (TPSA) is 0 Å². The third-order valence-electron chi connectivity index (χ3n) is 1.32. The monoisotopic (exact) mass is 88.1 g/mol. The molecule has 36 valence electrons. The highest BCUT2D eigenvalue weighted by atomic mass is 19.1. The van der Waals surface area contributed by atoms with E-state index in [-0.39, 0.29) is 0 Å². The van der Waals surface area contributed by atoms with Gasteiger partial charge in [0.15, 0.2) is 0 Å². The fraction of sp³-hybridized carbons (Fsp3) is 1.00. The van der Waals surface area contributed by atoms with Gasteiger partial charge in [0.25, 0.3) is 0 Å². The third-order valence-corrected chi connectivity index (χ3v) is 1.32. The van der Waals surface area contributed by atoms with Crippen molar-refractivity contribution >= 4 is 0 Å². The minimum absolute atomic E-state index is 0.458. The van der Waals surface area contributed by atoms with Crippen LogP contribution in [0.5, 0.6) is 0 Å². The molecular weight excluding hydrogens is 79.1 g/mol. The first kappa shape index (κ1) is 4.10. The molecule has 0 heterocycles. The standard InChI is InChI=1S/C5H9F/c1-4-2-5(6)3-4/h4-5H,2-3H2,1H3/t4-,5+. The minimum Gasteiger partial charge on any atom is -0.247 e. The first-order valence-electron chi connectivity index (χ1n) is 2.43. The Kier molecular flexibility index (Phi) is 0.827. The van der Waals surface area contributed by atoms with E-state index < -0.39 is 6.17 Å². The van der Waals surface area contributed by atoms with Crippen molar-refractivity contribution in [1.82, 2.24) is 0 Å². The maximum absolute atomic E-state index is 11.8. The third kappa shape index (κ3) is 0.537. The quantitative estimate of drug-likeness (QED) is 0.423. The highest BCUT2D eigenvalue weighted by Gasteiger charge is 2.23.